The topological polar surface area (TPSA) is 149 Å². The number of anilines is 1. The summed E-state index contributed by atoms with van der Waals surface area (Å²) in [5.74, 6) is 1.63. The Kier molecular flexibility index (Phi) is 9.37. The fraction of sp³-hybridized carbons (Fsp3) is 0.519. The Labute approximate surface area is 248 Å². The second kappa shape index (κ2) is 12.6. The molecule has 12 nitrogen and oxygen atoms in total. The lowest BCUT2D eigenvalue weighted by molar-refractivity contribution is -0.683. The fourth-order valence-electron chi connectivity index (χ4n) is 4.59. The summed E-state index contributed by atoms with van der Waals surface area (Å²) in [6.45, 7) is 8.86. The van der Waals surface area contributed by atoms with Crippen LogP contribution in [0.4, 0.5) is 10.6 Å². The number of nitrogens with two attached hydrogens (primary N) is 1. The van der Waals surface area contributed by atoms with Gasteiger partial charge in [-0.25, -0.2) is 9.36 Å². The molecule has 0 unspecified atom stereocenters. The number of rotatable bonds is 8. The maximum absolute atomic E-state index is 12.9. The van der Waals surface area contributed by atoms with Gasteiger partial charge in [0, 0.05) is 24.1 Å². The van der Waals surface area contributed by atoms with E-state index < -0.39 is 17.7 Å². The van der Waals surface area contributed by atoms with Gasteiger partial charge in [-0.05, 0) is 64.3 Å². The highest BCUT2D eigenvalue weighted by atomic mass is 35.5. The van der Waals surface area contributed by atoms with E-state index in [0.29, 0.717) is 69.1 Å². The van der Waals surface area contributed by atoms with Crippen LogP contribution in [0.1, 0.15) is 40.5 Å². The normalized spacial score (nSPS) is 15.0. The summed E-state index contributed by atoms with van der Waals surface area (Å²) < 4.78 is 18.0. The van der Waals surface area contributed by atoms with Crippen molar-refractivity contribution in [2.45, 2.75) is 68.8 Å². The van der Waals surface area contributed by atoms with Gasteiger partial charge in [0.1, 0.15) is 23.1 Å². The van der Waals surface area contributed by atoms with Crippen molar-refractivity contribution in [2.24, 2.45) is 5.92 Å². The number of nitrogens with zero attached hydrogens (tertiary/aromatic N) is 4. The number of H-pyrrole nitrogens is 1. The van der Waals surface area contributed by atoms with Crippen LogP contribution in [0.15, 0.2) is 28.5 Å². The van der Waals surface area contributed by atoms with Crippen LogP contribution in [0.3, 0.4) is 0 Å². The average molecular weight is 607 g/mol. The lowest BCUT2D eigenvalue weighted by atomic mass is 9.96. The molecular weight excluding hydrogens is 570 g/mol. The van der Waals surface area contributed by atoms with E-state index in [1.54, 1.807) is 59.2 Å². The molecule has 1 fully saturated rings. The summed E-state index contributed by atoms with van der Waals surface area (Å²) in [7, 11) is 3.13. The first-order chi connectivity index (χ1) is 19.4. The number of carbonyl (C=O) groups excluding carboxylic acids is 2. The molecule has 41 heavy (non-hydrogen) atoms. The van der Waals surface area contributed by atoms with Crippen molar-refractivity contribution in [2.75, 3.05) is 33.0 Å². The molecule has 4 rings (SSSR count). The molecule has 222 valence electrons. The van der Waals surface area contributed by atoms with Crippen LogP contribution in [0.25, 0.3) is 11.2 Å². The first-order valence-electron chi connectivity index (χ1n) is 13.3. The number of amides is 2. The molecule has 1 aromatic carbocycles. The Bertz CT molecular complexity index is 1420. The first kappa shape index (κ1) is 30.5. The lowest BCUT2D eigenvalue weighted by Crippen LogP contribution is -2.51. The van der Waals surface area contributed by atoms with E-state index in [2.05, 4.69) is 15.3 Å². The second-order valence-electron chi connectivity index (χ2n) is 10.9. The number of fused-ring (bicyclic) bond motifs is 1. The molecule has 0 saturated carbocycles. The van der Waals surface area contributed by atoms with Crippen molar-refractivity contribution >= 4 is 52.3 Å². The Hall–Kier alpha value is -3.45. The quantitative estimate of drug-likeness (QED) is 0.325. The molecule has 3 aromatic rings. The molecule has 14 heteroatoms. The third kappa shape index (κ3) is 7.45. The Morgan fingerprint density at radius 3 is 2.61 bits per heavy atom. The number of aromatic amines is 1. The summed E-state index contributed by atoms with van der Waals surface area (Å²) >= 11 is 7.88. The van der Waals surface area contributed by atoms with Crippen LogP contribution in [0.2, 0.25) is 5.02 Å². The van der Waals surface area contributed by atoms with E-state index >= 15 is 0 Å². The minimum Gasteiger partial charge on any atom is -0.497 e. The summed E-state index contributed by atoms with van der Waals surface area (Å²) in [4.78, 5) is 39.9. The third-order valence-electron chi connectivity index (χ3n) is 6.65. The lowest BCUT2D eigenvalue weighted by Gasteiger charge is -2.33. The zero-order valence-corrected chi connectivity index (χ0v) is 25.7. The molecular formula is C27H37ClN7O5S+. The molecule has 4 N–H and O–H groups in total. The van der Waals surface area contributed by atoms with Gasteiger partial charge < -0.3 is 35.1 Å². The van der Waals surface area contributed by atoms with E-state index in [0.717, 1.165) is 12.8 Å². The monoisotopic (exact) mass is 606 g/mol. The van der Waals surface area contributed by atoms with E-state index in [9.17, 15) is 9.59 Å². The van der Waals surface area contributed by atoms with Gasteiger partial charge in [0.25, 0.3) is 5.65 Å². The fourth-order valence-corrected chi connectivity index (χ4v) is 5.75. The van der Waals surface area contributed by atoms with E-state index in [1.165, 1.54) is 11.8 Å². The van der Waals surface area contributed by atoms with Crippen molar-refractivity contribution in [1.82, 2.24) is 25.2 Å². The molecule has 0 bridgehead atoms. The number of aromatic nitrogens is 4. The van der Waals surface area contributed by atoms with Crippen molar-refractivity contribution in [3.05, 3.63) is 23.5 Å². The molecule has 1 saturated heterocycles. The smallest absolute Gasteiger partial charge is 0.408 e. The minimum atomic E-state index is -0.672. The zero-order valence-electron chi connectivity index (χ0n) is 24.1. The van der Waals surface area contributed by atoms with E-state index in [1.807, 2.05) is 10.6 Å². The number of carbonyl (C=O) groups is 2. The SMILES string of the molecule is COc1cc(OC)c(Cl)c(Sc2nc3c([nH]2)c(N)nc[n+]3CC2CCN(C(=O)[C@@H](C)NC(=O)OC(C)(C)C)CC2)c1. The molecule has 3 heterocycles. The van der Waals surface area contributed by atoms with Crippen molar-refractivity contribution in [3.63, 3.8) is 0 Å². The van der Waals surface area contributed by atoms with Crippen LogP contribution in [-0.4, -0.2) is 70.8 Å². The molecule has 0 aliphatic carbocycles. The maximum Gasteiger partial charge on any atom is 0.408 e. The number of halogens is 1. The Balaban J connectivity index is 1.42. The van der Waals surface area contributed by atoms with Gasteiger partial charge in [0.2, 0.25) is 23.2 Å². The third-order valence-corrected chi connectivity index (χ3v) is 8.08. The predicted molar refractivity (Wildman–Crippen MR) is 155 cm³/mol. The predicted octanol–water partition coefficient (Wildman–Crippen LogP) is 3.80. The number of nitrogen functional groups attached to an aromatic ring is 1. The number of likely N-dealkylation sites (tertiary alicyclic amines) is 1. The van der Waals surface area contributed by atoms with Gasteiger partial charge in [-0.1, -0.05) is 21.6 Å². The highest BCUT2D eigenvalue weighted by molar-refractivity contribution is 7.99. The van der Waals surface area contributed by atoms with Gasteiger partial charge in [0.15, 0.2) is 5.52 Å². The summed E-state index contributed by atoms with van der Waals surface area (Å²) in [5.41, 5.74) is 6.86. The van der Waals surface area contributed by atoms with Crippen molar-refractivity contribution in [3.8, 4) is 11.5 Å². The highest BCUT2D eigenvalue weighted by Crippen LogP contribution is 2.41. The number of hydrogen-bond acceptors (Lipinski definition) is 9. The summed E-state index contributed by atoms with van der Waals surface area (Å²) in [6.07, 6.45) is 2.69. The Morgan fingerprint density at radius 2 is 1.98 bits per heavy atom. The van der Waals surface area contributed by atoms with Gasteiger partial charge >= 0.3 is 6.09 Å². The number of nitrogens with one attached hydrogen (secondary N) is 2. The van der Waals surface area contributed by atoms with Crippen LogP contribution in [-0.2, 0) is 16.1 Å². The van der Waals surface area contributed by atoms with Gasteiger partial charge in [-0.3, -0.25) is 4.79 Å². The zero-order chi connectivity index (χ0) is 29.9. The second-order valence-corrected chi connectivity index (χ2v) is 12.3. The molecule has 1 aliphatic heterocycles. The van der Waals surface area contributed by atoms with Crippen LogP contribution < -0.4 is 25.1 Å². The maximum atomic E-state index is 12.9. The van der Waals surface area contributed by atoms with Crippen molar-refractivity contribution < 1.29 is 28.4 Å². The molecule has 0 radical (unpaired) electrons. The number of methoxy groups -OCH3 is 2. The number of imidazole rings is 1. The number of ether oxygens (including phenoxy) is 3. The highest BCUT2D eigenvalue weighted by Gasteiger charge is 2.30. The van der Waals surface area contributed by atoms with E-state index in [-0.39, 0.29) is 5.91 Å². The van der Waals surface area contributed by atoms with E-state index in [4.69, 9.17) is 36.5 Å². The number of piperidine rings is 1. The molecule has 1 atom stereocenters. The standard InChI is InChI=1S/C27H36ClN7O5S/c1-15(31-26(37)40-27(2,3)4)24(36)34-9-7-16(8-10-34)13-35-14-30-22(29)21-23(35)33-25(32-21)41-19-12-17(38-5)11-18(39-6)20(19)28/h11-12,14-16H,7-10,13H2,1-6H3,(H3,29,31,32,33,37)/p+1/t15-/m1/s1. The molecule has 1 aliphatic rings. The van der Waals surface area contributed by atoms with Crippen LogP contribution >= 0.6 is 23.4 Å². The molecule has 2 amide bonds. The number of benzene rings is 1. The van der Waals surface area contributed by atoms with Crippen LogP contribution in [0, 0.1) is 5.92 Å². The van der Waals surface area contributed by atoms with Gasteiger partial charge in [-0.15, -0.1) is 0 Å². The Morgan fingerprint density at radius 1 is 1.27 bits per heavy atom. The van der Waals surface area contributed by atoms with Crippen molar-refractivity contribution in [1.29, 1.82) is 0 Å². The summed E-state index contributed by atoms with van der Waals surface area (Å²) in [6, 6.07) is 2.87. The number of hydrogen-bond donors (Lipinski definition) is 3. The first-order valence-corrected chi connectivity index (χ1v) is 14.5. The van der Waals surface area contributed by atoms with Gasteiger partial charge in [0.05, 0.1) is 25.8 Å². The number of alkyl carbamates (subject to hydrolysis) is 1. The summed E-state index contributed by atoms with van der Waals surface area (Å²) in [5, 5.41) is 3.68. The minimum absolute atomic E-state index is 0.125. The largest absolute Gasteiger partial charge is 0.497 e. The van der Waals surface area contributed by atoms with Gasteiger partial charge in [-0.2, -0.15) is 0 Å². The van der Waals surface area contributed by atoms with Crippen LogP contribution in [0.5, 0.6) is 11.5 Å². The molecule has 2 aromatic heterocycles. The molecule has 0 spiro atoms. The average Bonchev–Trinajstić information content (AvgIpc) is 3.35.